The molecule has 0 fully saturated rings. The van der Waals surface area contributed by atoms with Crippen LogP contribution < -0.4 is 16.5 Å². The molecule has 0 spiro atoms. The molecule has 8 heteroatoms. The number of carbonyl (C=O) groups excluding carboxylic acids is 1. The molecule has 0 saturated carbocycles. The largest absolute Gasteiger partial charge is 0.422 e. The smallest absolute Gasteiger partial charge is 0.345 e. The van der Waals surface area contributed by atoms with E-state index in [1.54, 1.807) is 41.8 Å². The van der Waals surface area contributed by atoms with Crippen molar-refractivity contribution in [3.63, 3.8) is 0 Å². The number of rotatable bonds is 4. The van der Waals surface area contributed by atoms with Gasteiger partial charge in [0, 0.05) is 20.8 Å². The van der Waals surface area contributed by atoms with Crippen LogP contribution in [0.15, 0.2) is 73.7 Å². The van der Waals surface area contributed by atoms with Crippen LogP contribution in [0.1, 0.15) is 10.4 Å². The first-order valence-electron chi connectivity index (χ1n) is 7.91. The minimum atomic E-state index is -0.454. The second kappa shape index (κ2) is 7.34. The summed E-state index contributed by atoms with van der Waals surface area (Å²) in [5.74, 6) is -0.288. The summed E-state index contributed by atoms with van der Waals surface area (Å²) in [6.45, 7) is 0. The number of anilines is 1. The number of nitrogens with one attached hydrogen (secondary N) is 2. The van der Waals surface area contributed by atoms with Crippen molar-refractivity contribution < 1.29 is 9.21 Å². The Labute approximate surface area is 166 Å². The van der Waals surface area contributed by atoms with Crippen molar-refractivity contribution in [3.05, 3.63) is 80.4 Å². The van der Waals surface area contributed by atoms with Crippen LogP contribution in [0.5, 0.6) is 0 Å². The molecule has 2 aromatic carbocycles. The Morgan fingerprint density at radius 2 is 1.89 bits per heavy atom. The molecule has 2 aromatic heterocycles. The Kier molecular flexibility index (Phi) is 4.74. The van der Waals surface area contributed by atoms with Crippen molar-refractivity contribution in [2.75, 3.05) is 5.43 Å². The Morgan fingerprint density at radius 3 is 2.70 bits per heavy atom. The van der Waals surface area contributed by atoms with Gasteiger partial charge in [0.1, 0.15) is 5.58 Å². The van der Waals surface area contributed by atoms with Gasteiger partial charge in [-0.2, -0.15) is 0 Å². The van der Waals surface area contributed by atoms with E-state index in [-0.39, 0.29) is 5.91 Å². The summed E-state index contributed by atoms with van der Waals surface area (Å²) in [4.78, 5) is 28.7. The first kappa shape index (κ1) is 17.4. The summed E-state index contributed by atoms with van der Waals surface area (Å²) in [5, 5.41) is 3.01. The highest BCUT2D eigenvalue weighted by molar-refractivity contribution is 9.10. The Hall–Kier alpha value is -2.97. The van der Waals surface area contributed by atoms with Crippen LogP contribution in [-0.4, -0.2) is 10.9 Å². The molecule has 0 aliphatic rings. The maximum Gasteiger partial charge on any atom is 0.345 e. The summed E-state index contributed by atoms with van der Waals surface area (Å²) in [6.07, 6.45) is 0. The number of hydrazine groups is 1. The average Bonchev–Trinajstić information content (AvgIpc) is 3.15. The van der Waals surface area contributed by atoms with Gasteiger partial charge in [-0.15, -0.1) is 11.3 Å². The SMILES string of the molecule is O=C(NNc1nc(-c2cc3ccccc3oc2=O)cs1)c1ccc(Br)cc1. The Bertz CT molecular complexity index is 1180. The fourth-order valence-corrected chi connectivity index (χ4v) is 3.41. The van der Waals surface area contributed by atoms with Crippen LogP contribution in [-0.2, 0) is 0 Å². The lowest BCUT2D eigenvalue weighted by Crippen LogP contribution is -2.29. The molecule has 0 atom stereocenters. The fourth-order valence-electron chi connectivity index (χ4n) is 2.48. The van der Waals surface area contributed by atoms with Crippen LogP contribution >= 0.6 is 27.3 Å². The second-order valence-electron chi connectivity index (χ2n) is 5.61. The summed E-state index contributed by atoms with van der Waals surface area (Å²) in [7, 11) is 0. The normalized spacial score (nSPS) is 10.7. The van der Waals surface area contributed by atoms with E-state index in [0.29, 0.717) is 27.5 Å². The monoisotopic (exact) mass is 441 g/mol. The highest BCUT2D eigenvalue weighted by atomic mass is 79.9. The minimum Gasteiger partial charge on any atom is -0.422 e. The number of halogens is 1. The van der Waals surface area contributed by atoms with E-state index in [1.807, 2.05) is 18.2 Å². The maximum atomic E-state index is 12.2. The number of carbonyl (C=O) groups is 1. The van der Waals surface area contributed by atoms with E-state index in [9.17, 15) is 9.59 Å². The van der Waals surface area contributed by atoms with Gasteiger partial charge in [-0.1, -0.05) is 34.1 Å². The van der Waals surface area contributed by atoms with E-state index in [0.717, 1.165) is 9.86 Å². The van der Waals surface area contributed by atoms with Crippen LogP contribution in [0.2, 0.25) is 0 Å². The first-order chi connectivity index (χ1) is 13.1. The summed E-state index contributed by atoms with van der Waals surface area (Å²) >= 11 is 4.60. The molecule has 0 bridgehead atoms. The molecule has 6 nitrogen and oxygen atoms in total. The zero-order valence-electron chi connectivity index (χ0n) is 13.7. The molecule has 0 unspecified atom stereocenters. The standard InChI is InChI=1S/C19H12BrN3O3S/c20-13-7-5-11(6-8-13)17(24)22-23-19-21-15(10-27-19)14-9-12-3-1-2-4-16(12)26-18(14)25/h1-10H,(H,21,23)(H,22,24). The van der Waals surface area contributed by atoms with Gasteiger partial charge in [0.15, 0.2) is 0 Å². The number of hydrogen-bond acceptors (Lipinski definition) is 6. The highest BCUT2D eigenvalue weighted by Gasteiger charge is 2.12. The molecule has 1 amide bonds. The predicted molar refractivity (Wildman–Crippen MR) is 109 cm³/mol. The third-order valence-corrected chi connectivity index (χ3v) is 5.10. The number of para-hydroxylation sites is 1. The number of benzene rings is 2. The topological polar surface area (TPSA) is 84.2 Å². The van der Waals surface area contributed by atoms with Gasteiger partial charge < -0.3 is 4.42 Å². The fraction of sp³-hybridized carbons (Fsp3) is 0. The number of aromatic nitrogens is 1. The lowest BCUT2D eigenvalue weighted by molar-refractivity contribution is 0.0962. The van der Waals surface area contributed by atoms with Crippen LogP contribution in [0.25, 0.3) is 22.2 Å². The van der Waals surface area contributed by atoms with E-state index < -0.39 is 5.63 Å². The van der Waals surface area contributed by atoms with Crippen molar-refractivity contribution in [3.8, 4) is 11.3 Å². The summed E-state index contributed by atoms with van der Waals surface area (Å²) in [6, 6.07) is 16.0. The minimum absolute atomic E-state index is 0.288. The van der Waals surface area contributed by atoms with E-state index in [2.05, 4.69) is 31.8 Å². The van der Waals surface area contributed by atoms with Crippen molar-refractivity contribution in [1.82, 2.24) is 10.4 Å². The van der Waals surface area contributed by atoms with Crippen molar-refractivity contribution in [2.45, 2.75) is 0 Å². The first-order valence-corrected chi connectivity index (χ1v) is 9.58. The Morgan fingerprint density at radius 1 is 1.11 bits per heavy atom. The Balaban J connectivity index is 1.52. The third kappa shape index (κ3) is 3.76. The third-order valence-electron chi connectivity index (χ3n) is 3.81. The van der Waals surface area contributed by atoms with Gasteiger partial charge in [0.2, 0.25) is 5.13 Å². The number of thiazole rings is 1. The lowest BCUT2D eigenvalue weighted by atomic mass is 10.1. The van der Waals surface area contributed by atoms with Crippen LogP contribution in [0.3, 0.4) is 0 Å². The molecule has 4 aromatic rings. The number of nitrogens with zero attached hydrogens (tertiary/aromatic N) is 1. The van der Waals surface area contributed by atoms with Crippen molar-refractivity contribution >= 4 is 49.3 Å². The lowest BCUT2D eigenvalue weighted by Gasteiger charge is -2.05. The van der Waals surface area contributed by atoms with Gasteiger partial charge in [0.25, 0.3) is 5.91 Å². The maximum absolute atomic E-state index is 12.2. The van der Waals surface area contributed by atoms with Crippen molar-refractivity contribution in [1.29, 1.82) is 0 Å². The molecule has 4 rings (SSSR count). The molecule has 0 aliphatic heterocycles. The van der Waals surface area contributed by atoms with E-state index >= 15 is 0 Å². The number of amides is 1. The second-order valence-corrected chi connectivity index (χ2v) is 7.38. The van der Waals surface area contributed by atoms with E-state index in [1.165, 1.54) is 11.3 Å². The number of fused-ring (bicyclic) bond motifs is 1. The summed E-state index contributed by atoms with van der Waals surface area (Å²) < 4.78 is 6.23. The van der Waals surface area contributed by atoms with Crippen LogP contribution in [0.4, 0.5) is 5.13 Å². The molecule has 27 heavy (non-hydrogen) atoms. The zero-order valence-corrected chi connectivity index (χ0v) is 16.1. The molecule has 2 heterocycles. The van der Waals surface area contributed by atoms with Crippen molar-refractivity contribution in [2.24, 2.45) is 0 Å². The van der Waals surface area contributed by atoms with Crippen LogP contribution in [0, 0.1) is 0 Å². The molecular formula is C19H12BrN3O3S. The predicted octanol–water partition coefficient (Wildman–Crippen LogP) is 4.44. The molecule has 134 valence electrons. The molecule has 2 N–H and O–H groups in total. The zero-order chi connectivity index (χ0) is 18.8. The van der Waals surface area contributed by atoms with Gasteiger partial charge in [-0.05, 0) is 36.4 Å². The highest BCUT2D eigenvalue weighted by Crippen LogP contribution is 2.24. The molecule has 0 aliphatic carbocycles. The summed E-state index contributed by atoms with van der Waals surface area (Å²) in [5.41, 5.74) is 6.80. The number of hydrogen-bond donors (Lipinski definition) is 2. The molecular weight excluding hydrogens is 430 g/mol. The molecule has 0 radical (unpaired) electrons. The average molecular weight is 442 g/mol. The van der Waals surface area contributed by atoms with Gasteiger partial charge >= 0.3 is 5.63 Å². The van der Waals surface area contributed by atoms with Gasteiger partial charge in [0.05, 0.1) is 11.3 Å². The van der Waals surface area contributed by atoms with Gasteiger partial charge in [-0.25, -0.2) is 9.78 Å². The molecule has 0 saturated heterocycles. The van der Waals surface area contributed by atoms with E-state index in [4.69, 9.17) is 4.42 Å². The van der Waals surface area contributed by atoms with Gasteiger partial charge in [-0.3, -0.25) is 15.6 Å². The quantitative estimate of drug-likeness (QED) is 0.361.